The molecule has 1 aromatic heterocycles. The molecule has 1 amide bonds. The molecule has 1 heterocycles. The number of fused-ring (bicyclic) bond motifs is 3. The highest BCUT2D eigenvalue weighted by Gasteiger charge is 2.16. The molecule has 34 heavy (non-hydrogen) atoms. The van der Waals surface area contributed by atoms with Crippen LogP contribution >= 0.6 is 0 Å². The summed E-state index contributed by atoms with van der Waals surface area (Å²) in [5.74, 6) is -0.833. The number of amides is 1. The van der Waals surface area contributed by atoms with E-state index in [1.54, 1.807) is 18.2 Å². The maximum Gasteiger partial charge on any atom is 0.306 e. The maximum absolute atomic E-state index is 12.4. The first kappa shape index (κ1) is 23.0. The molecule has 0 unspecified atom stereocenters. The Morgan fingerprint density at radius 1 is 0.882 bits per heavy atom. The van der Waals surface area contributed by atoms with Gasteiger partial charge in [-0.25, -0.2) is 0 Å². The van der Waals surface area contributed by atoms with Gasteiger partial charge in [0, 0.05) is 28.8 Å². The van der Waals surface area contributed by atoms with Crippen LogP contribution in [0.2, 0.25) is 0 Å². The van der Waals surface area contributed by atoms with Gasteiger partial charge in [0.05, 0.1) is 19.2 Å². The lowest BCUT2D eigenvalue weighted by Crippen LogP contribution is -2.21. The predicted octanol–water partition coefficient (Wildman–Crippen LogP) is 5.36. The Morgan fingerprint density at radius 3 is 2.44 bits per heavy atom. The molecule has 4 rings (SSSR count). The molecule has 0 bridgehead atoms. The van der Waals surface area contributed by atoms with E-state index in [0.29, 0.717) is 22.6 Å². The number of Topliss-reactive ketones (excluding diaryl/α,β-unsaturated/α-hetero) is 1. The van der Waals surface area contributed by atoms with Crippen LogP contribution in [-0.2, 0) is 14.3 Å². The molecule has 0 aliphatic heterocycles. The maximum atomic E-state index is 12.4. The quantitative estimate of drug-likeness (QED) is 0.282. The number of hydrogen-bond acceptors (Lipinski definition) is 6. The Balaban J connectivity index is 1.34. The first-order chi connectivity index (χ1) is 16.4. The third-order valence-electron chi connectivity index (χ3n) is 5.72. The summed E-state index contributed by atoms with van der Waals surface area (Å²) in [5, 5.41) is 4.50. The van der Waals surface area contributed by atoms with Crippen molar-refractivity contribution >= 4 is 45.3 Å². The normalized spacial score (nSPS) is 10.9. The average molecular weight is 459 g/mol. The number of ether oxygens (including phenoxy) is 2. The molecule has 0 saturated heterocycles. The van der Waals surface area contributed by atoms with Gasteiger partial charge in [-0.3, -0.25) is 14.4 Å². The summed E-state index contributed by atoms with van der Waals surface area (Å²) in [6, 6.07) is 16.5. The first-order valence-corrected chi connectivity index (χ1v) is 10.9. The molecule has 174 valence electrons. The van der Waals surface area contributed by atoms with E-state index >= 15 is 0 Å². The fraction of sp³-hybridized carbons (Fsp3) is 0.222. The summed E-state index contributed by atoms with van der Waals surface area (Å²) in [6.45, 7) is 3.42. The fourth-order valence-electron chi connectivity index (χ4n) is 3.70. The highest BCUT2D eigenvalue weighted by Crippen LogP contribution is 2.36. The largest absolute Gasteiger partial charge is 0.495 e. The van der Waals surface area contributed by atoms with Gasteiger partial charge >= 0.3 is 5.97 Å². The summed E-state index contributed by atoms with van der Waals surface area (Å²) in [6.07, 6.45) is -0.0905. The number of para-hydroxylation sites is 1. The number of methoxy groups -OCH3 is 1. The molecule has 7 nitrogen and oxygen atoms in total. The second-order valence-electron chi connectivity index (χ2n) is 8.08. The lowest BCUT2D eigenvalue weighted by atomic mass is 10.0. The molecular weight excluding hydrogens is 434 g/mol. The van der Waals surface area contributed by atoms with Crippen LogP contribution in [0.5, 0.6) is 5.75 Å². The SMILES string of the molecule is COc1cc2c(cc1NC(=O)COC(=O)CCC(=O)c1ccc(C)c(C)c1)oc1ccccc12. The second kappa shape index (κ2) is 9.79. The number of rotatable bonds is 8. The van der Waals surface area contributed by atoms with Crippen LogP contribution in [0, 0.1) is 13.8 Å². The van der Waals surface area contributed by atoms with E-state index in [9.17, 15) is 14.4 Å². The van der Waals surface area contributed by atoms with Gasteiger partial charge in [0.15, 0.2) is 12.4 Å². The molecule has 3 aromatic carbocycles. The molecule has 0 spiro atoms. The third kappa shape index (κ3) is 4.93. The minimum Gasteiger partial charge on any atom is -0.495 e. The Labute approximate surface area is 196 Å². The molecule has 4 aromatic rings. The molecule has 0 fully saturated rings. The van der Waals surface area contributed by atoms with Gasteiger partial charge in [0.1, 0.15) is 16.9 Å². The van der Waals surface area contributed by atoms with E-state index in [2.05, 4.69) is 5.32 Å². The van der Waals surface area contributed by atoms with Crippen molar-refractivity contribution in [2.24, 2.45) is 0 Å². The van der Waals surface area contributed by atoms with Crippen LogP contribution in [0.15, 0.2) is 59.0 Å². The zero-order chi connectivity index (χ0) is 24.2. The van der Waals surface area contributed by atoms with Gasteiger partial charge in [-0.2, -0.15) is 0 Å². The van der Waals surface area contributed by atoms with E-state index in [-0.39, 0.29) is 18.6 Å². The van der Waals surface area contributed by atoms with E-state index in [1.807, 2.05) is 50.2 Å². The Morgan fingerprint density at radius 2 is 1.68 bits per heavy atom. The number of benzene rings is 3. The Bertz CT molecular complexity index is 1400. The van der Waals surface area contributed by atoms with Crippen molar-refractivity contribution in [3.63, 3.8) is 0 Å². The van der Waals surface area contributed by atoms with Crippen LogP contribution in [0.1, 0.15) is 34.3 Å². The number of carbonyl (C=O) groups is 3. The number of esters is 1. The van der Waals surface area contributed by atoms with Crippen LogP contribution in [0.4, 0.5) is 5.69 Å². The molecule has 0 saturated carbocycles. The topological polar surface area (TPSA) is 94.8 Å². The molecule has 0 radical (unpaired) electrons. The highest BCUT2D eigenvalue weighted by atomic mass is 16.5. The number of furan rings is 1. The minimum atomic E-state index is -0.618. The van der Waals surface area contributed by atoms with Crippen molar-refractivity contribution in [3.8, 4) is 5.75 Å². The molecule has 1 N–H and O–H groups in total. The van der Waals surface area contributed by atoms with Crippen molar-refractivity contribution < 1.29 is 28.3 Å². The number of carbonyl (C=O) groups excluding carboxylic acids is 3. The van der Waals surface area contributed by atoms with Crippen LogP contribution in [0.25, 0.3) is 21.9 Å². The van der Waals surface area contributed by atoms with Crippen molar-refractivity contribution in [1.82, 2.24) is 0 Å². The van der Waals surface area contributed by atoms with Gasteiger partial charge < -0.3 is 19.2 Å². The number of anilines is 1. The summed E-state index contributed by atoms with van der Waals surface area (Å²) in [4.78, 5) is 36.8. The van der Waals surface area contributed by atoms with Crippen LogP contribution in [-0.4, -0.2) is 31.4 Å². The van der Waals surface area contributed by atoms with Crippen molar-refractivity contribution in [1.29, 1.82) is 0 Å². The van der Waals surface area contributed by atoms with E-state index < -0.39 is 18.5 Å². The third-order valence-corrected chi connectivity index (χ3v) is 5.72. The second-order valence-corrected chi connectivity index (χ2v) is 8.08. The van der Waals surface area contributed by atoms with E-state index in [1.165, 1.54) is 7.11 Å². The smallest absolute Gasteiger partial charge is 0.306 e. The molecule has 0 aliphatic rings. The average Bonchev–Trinajstić information content (AvgIpc) is 3.19. The molecule has 0 aliphatic carbocycles. The van der Waals surface area contributed by atoms with Crippen LogP contribution in [0.3, 0.4) is 0 Å². The van der Waals surface area contributed by atoms with Crippen molar-refractivity contribution in [3.05, 3.63) is 71.3 Å². The fourth-order valence-corrected chi connectivity index (χ4v) is 3.70. The standard InChI is InChI=1S/C27H25NO6/c1-16-8-9-18(12-17(16)2)22(29)10-11-27(31)33-15-26(30)28-21-14-24-20(13-25(21)32-3)19-6-4-5-7-23(19)34-24/h4-9,12-14H,10-11,15H2,1-3H3,(H,28,30). The zero-order valence-electron chi connectivity index (χ0n) is 19.3. The number of ketones is 1. The van der Waals surface area contributed by atoms with Gasteiger partial charge in [-0.05, 0) is 43.2 Å². The summed E-state index contributed by atoms with van der Waals surface area (Å²) in [5.41, 5.74) is 4.40. The number of aryl methyl sites for hydroxylation is 2. The Hall–Kier alpha value is -4.13. The van der Waals surface area contributed by atoms with Gasteiger partial charge in [0.25, 0.3) is 5.91 Å². The number of nitrogens with one attached hydrogen (secondary N) is 1. The lowest BCUT2D eigenvalue weighted by molar-refractivity contribution is -0.147. The van der Waals surface area contributed by atoms with Crippen molar-refractivity contribution in [2.45, 2.75) is 26.7 Å². The molecular formula is C27H25NO6. The van der Waals surface area contributed by atoms with E-state index in [4.69, 9.17) is 13.9 Å². The molecule has 0 atom stereocenters. The minimum absolute atomic E-state index is 0.0134. The zero-order valence-corrected chi connectivity index (χ0v) is 19.3. The summed E-state index contributed by atoms with van der Waals surface area (Å²) >= 11 is 0. The monoisotopic (exact) mass is 459 g/mol. The van der Waals surface area contributed by atoms with Crippen LogP contribution < -0.4 is 10.1 Å². The highest BCUT2D eigenvalue weighted by molar-refractivity contribution is 6.08. The van der Waals surface area contributed by atoms with Gasteiger partial charge in [-0.1, -0.05) is 30.3 Å². The Kier molecular flexibility index (Phi) is 6.63. The van der Waals surface area contributed by atoms with E-state index in [0.717, 1.165) is 27.5 Å². The summed E-state index contributed by atoms with van der Waals surface area (Å²) < 4.78 is 16.3. The predicted molar refractivity (Wildman–Crippen MR) is 129 cm³/mol. The summed E-state index contributed by atoms with van der Waals surface area (Å²) in [7, 11) is 1.51. The van der Waals surface area contributed by atoms with Gasteiger partial charge in [-0.15, -0.1) is 0 Å². The molecule has 7 heteroatoms. The van der Waals surface area contributed by atoms with Crippen molar-refractivity contribution in [2.75, 3.05) is 19.0 Å². The number of hydrogen-bond donors (Lipinski definition) is 1. The lowest BCUT2D eigenvalue weighted by Gasteiger charge is -2.11. The first-order valence-electron chi connectivity index (χ1n) is 10.9. The van der Waals surface area contributed by atoms with Gasteiger partial charge in [0.2, 0.25) is 0 Å².